The van der Waals surface area contributed by atoms with E-state index in [0.29, 0.717) is 0 Å². The summed E-state index contributed by atoms with van der Waals surface area (Å²) in [4.78, 5) is 17.6. The molecule has 0 aliphatic carbocycles. The third-order valence-corrected chi connectivity index (χ3v) is 10.6. The molecule has 5 heterocycles. The fourth-order valence-electron chi connectivity index (χ4n) is 6.95. The Kier molecular flexibility index (Phi) is 8.24. The molecule has 0 fully saturated rings. The Morgan fingerprint density at radius 2 is 0.706 bits per heavy atom. The summed E-state index contributed by atoms with van der Waals surface area (Å²) in [6, 6.07) is 44.0. The highest BCUT2D eigenvalue weighted by Gasteiger charge is 2.18. The number of hydrogen-bond acceptors (Lipinski definition) is 5. The number of aromatic nitrogens is 4. The van der Waals surface area contributed by atoms with Crippen LogP contribution in [-0.4, -0.2) is 19.9 Å². The molecule has 0 N–H and O–H groups in total. The summed E-state index contributed by atoms with van der Waals surface area (Å²) in [5.41, 5.74) is 19.0. The van der Waals surface area contributed by atoms with Crippen molar-refractivity contribution in [2.24, 2.45) is 0 Å². The largest absolute Gasteiger partial charge is 0.264 e. The van der Waals surface area contributed by atoms with Gasteiger partial charge in [-0.25, -0.2) is 0 Å². The first-order valence-corrected chi connectivity index (χ1v) is 18.2. The van der Waals surface area contributed by atoms with Gasteiger partial charge in [-0.15, -0.1) is 0 Å². The minimum atomic E-state index is 0.951. The van der Waals surface area contributed by atoms with Crippen molar-refractivity contribution in [2.45, 2.75) is 11.5 Å². The van der Waals surface area contributed by atoms with Crippen molar-refractivity contribution in [3.05, 3.63) is 182 Å². The molecule has 1 aliphatic heterocycles. The lowest BCUT2D eigenvalue weighted by Crippen LogP contribution is -1.92. The quantitative estimate of drug-likeness (QED) is 0.176. The minimum absolute atomic E-state index is 0.951. The molecule has 0 saturated heterocycles. The average molecular weight is 673 g/mol. The van der Waals surface area contributed by atoms with Gasteiger partial charge in [0.05, 0.1) is 0 Å². The summed E-state index contributed by atoms with van der Waals surface area (Å²) in [6.45, 7) is 0. The number of pyridine rings is 4. The van der Waals surface area contributed by atoms with Gasteiger partial charge in [0, 0.05) is 83.3 Å². The number of fused-ring (bicyclic) bond motifs is 3. The van der Waals surface area contributed by atoms with Crippen molar-refractivity contribution in [1.29, 1.82) is 0 Å². The van der Waals surface area contributed by atoms with Crippen molar-refractivity contribution in [3.63, 3.8) is 0 Å². The summed E-state index contributed by atoms with van der Waals surface area (Å²) in [5, 5.41) is 0. The van der Waals surface area contributed by atoms with Gasteiger partial charge in [0.25, 0.3) is 0 Å². The summed E-state index contributed by atoms with van der Waals surface area (Å²) in [5.74, 6) is 1.92. The molecular weight excluding hydrogens is 641 g/mol. The Morgan fingerprint density at radius 1 is 0.314 bits per heavy atom. The third-order valence-electron chi connectivity index (χ3n) is 9.53. The van der Waals surface area contributed by atoms with Gasteiger partial charge in [-0.1, -0.05) is 48.5 Å². The first kappa shape index (κ1) is 30.9. The highest BCUT2D eigenvalue weighted by atomic mass is 32.2. The van der Waals surface area contributed by atoms with Crippen LogP contribution in [0.1, 0.15) is 11.1 Å². The topological polar surface area (TPSA) is 51.6 Å². The van der Waals surface area contributed by atoms with Crippen LogP contribution in [0.2, 0.25) is 0 Å². The maximum atomic E-state index is 4.41. The zero-order chi connectivity index (χ0) is 34.0. The molecule has 8 aromatic rings. The van der Waals surface area contributed by atoms with E-state index >= 15 is 0 Å². The van der Waals surface area contributed by atoms with Crippen molar-refractivity contribution in [3.8, 4) is 77.9 Å². The predicted molar refractivity (Wildman–Crippen MR) is 211 cm³/mol. The predicted octanol–water partition coefficient (Wildman–Crippen LogP) is 11.7. The second-order valence-electron chi connectivity index (χ2n) is 12.8. The van der Waals surface area contributed by atoms with E-state index in [1.54, 1.807) is 0 Å². The summed E-state index contributed by atoms with van der Waals surface area (Å²) < 4.78 is 0. The van der Waals surface area contributed by atoms with Crippen molar-refractivity contribution in [1.82, 2.24) is 19.9 Å². The van der Waals surface area contributed by atoms with Crippen LogP contribution >= 0.6 is 11.8 Å². The van der Waals surface area contributed by atoms with Gasteiger partial charge in [0.2, 0.25) is 0 Å². The molecule has 4 aromatic carbocycles. The molecule has 0 unspecified atom stereocenters. The lowest BCUT2D eigenvalue weighted by Gasteiger charge is -2.16. The van der Waals surface area contributed by atoms with Crippen LogP contribution in [0.4, 0.5) is 0 Å². The Morgan fingerprint density at radius 3 is 1.14 bits per heavy atom. The molecule has 0 bridgehead atoms. The molecule has 4 aromatic heterocycles. The standard InChI is InChI=1S/C46H32N4S/c1-5-33(25-47-13-1)40-18-38(19-41(22-40)34-6-2-14-48-26-34)31-11-12-45-44(17-31)30-51-29-37-10-9-32(24-46(37)45)39-20-42(35-7-3-15-49-27-35)23-43(21-39)36-8-4-16-50-28-36/h1-28H,29-30H2. The molecule has 0 spiro atoms. The third kappa shape index (κ3) is 6.36. The van der Waals surface area contributed by atoms with Crippen molar-refractivity contribution in [2.75, 3.05) is 0 Å². The Labute approximate surface area is 302 Å². The van der Waals surface area contributed by atoms with Gasteiger partial charge in [-0.3, -0.25) is 19.9 Å². The number of hydrogen-bond donors (Lipinski definition) is 0. The zero-order valence-electron chi connectivity index (χ0n) is 27.8. The summed E-state index contributed by atoms with van der Waals surface area (Å²) in [6.07, 6.45) is 15.0. The van der Waals surface area contributed by atoms with Crippen LogP contribution in [0, 0.1) is 0 Å². The second kappa shape index (κ2) is 13.6. The molecule has 1 aliphatic rings. The molecule has 0 saturated carbocycles. The van der Waals surface area contributed by atoms with Gasteiger partial charge >= 0.3 is 0 Å². The van der Waals surface area contributed by atoms with Gasteiger partial charge in [-0.05, 0) is 140 Å². The van der Waals surface area contributed by atoms with E-state index in [-0.39, 0.29) is 0 Å². The van der Waals surface area contributed by atoms with Crippen LogP contribution in [0.15, 0.2) is 171 Å². The van der Waals surface area contributed by atoms with E-state index in [1.807, 2.05) is 85.6 Å². The number of rotatable bonds is 6. The zero-order valence-corrected chi connectivity index (χ0v) is 28.6. The maximum absolute atomic E-state index is 4.41. The maximum Gasteiger partial charge on any atom is 0.0346 e. The van der Waals surface area contributed by atoms with E-state index in [1.165, 1.54) is 44.5 Å². The number of thioether (sulfide) groups is 1. The van der Waals surface area contributed by atoms with Crippen LogP contribution in [-0.2, 0) is 11.5 Å². The molecule has 0 amide bonds. The van der Waals surface area contributed by atoms with Crippen molar-refractivity contribution >= 4 is 11.8 Å². The number of nitrogens with zero attached hydrogens (tertiary/aromatic N) is 4. The van der Waals surface area contributed by atoms with Gasteiger partial charge in [-0.2, -0.15) is 11.8 Å². The summed E-state index contributed by atoms with van der Waals surface area (Å²) in [7, 11) is 0. The fraction of sp³-hybridized carbons (Fsp3) is 0.0435. The molecule has 9 rings (SSSR count). The van der Waals surface area contributed by atoms with Crippen LogP contribution < -0.4 is 0 Å². The molecule has 0 atom stereocenters. The van der Waals surface area contributed by atoms with E-state index in [4.69, 9.17) is 0 Å². The van der Waals surface area contributed by atoms with Gasteiger partial charge < -0.3 is 0 Å². The van der Waals surface area contributed by atoms with Crippen molar-refractivity contribution < 1.29 is 0 Å². The van der Waals surface area contributed by atoms with Gasteiger partial charge in [0.15, 0.2) is 0 Å². The first-order chi connectivity index (χ1) is 25.2. The highest BCUT2D eigenvalue weighted by molar-refractivity contribution is 7.97. The average Bonchev–Trinajstić information content (AvgIpc) is 3.40. The first-order valence-electron chi connectivity index (χ1n) is 17.0. The molecular formula is C46H32N4S. The van der Waals surface area contributed by atoms with Crippen LogP contribution in [0.25, 0.3) is 77.9 Å². The smallest absolute Gasteiger partial charge is 0.0346 e. The molecule has 242 valence electrons. The van der Waals surface area contributed by atoms with E-state index in [2.05, 4.69) is 117 Å². The Balaban J connectivity index is 1.14. The van der Waals surface area contributed by atoms with Crippen LogP contribution in [0.3, 0.4) is 0 Å². The van der Waals surface area contributed by atoms with E-state index in [9.17, 15) is 0 Å². The fourth-order valence-corrected chi connectivity index (χ4v) is 7.98. The number of benzene rings is 4. The second-order valence-corrected chi connectivity index (χ2v) is 13.8. The minimum Gasteiger partial charge on any atom is -0.264 e. The Bertz CT molecular complexity index is 2370. The molecule has 0 radical (unpaired) electrons. The summed E-state index contributed by atoms with van der Waals surface area (Å²) >= 11 is 1.98. The SMILES string of the molecule is c1cncc(-c2cc(-c3cccnc3)cc(-c3ccc4c(c3)CSCc3ccc(-c5cc(-c6cccnc6)cc(-c6cccnc6)c5)cc3-4)c2)c1. The highest BCUT2D eigenvalue weighted by Crippen LogP contribution is 2.42. The van der Waals surface area contributed by atoms with Gasteiger partial charge in [0.1, 0.15) is 0 Å². The van der Waals surface area contributed by atoms with E-state index < -0.39 is 0 Å². The molecule has 51 heavy (non-hydrogen) atoms. The normalized spacial score (nSPS) is 12.1. The van der Waals surface area contributed by atoms with Crippen LogP contribution in [0.5, 0.6) is 0 Å². The Hall–Kier alpha value is -6.17. The molecule has 5 heteroatoms. The monoisotopic (exact) mass is 672 g/mol. The van der Waals surface area contributed by atoms with E-state index in [0.717, 1.165) is 56.0 Å². The molecule has 4 nitrogen and oxygen atoms in total. The lowest BCUT2D eigenvalue weighted by molar-refractivity contribution is 1.32. The lowest BCUT2D eigenvalue weighted by atomic mass is 9.88.